The minimum atomic E-state index is -0.145. The summed E-state index contributed by atoms with van der Waals surface area (Å²) in [5.41, 5.74) is 7.64. The normalized spacial score (nSPS) is 11.4. The van der Waals surface area contributed by atoms with Crippen molar-refractivity contribution in [1.29, 1.82) is 0 Å². The Morgan fingerprint density at radius 3 is 2.44 bits per heavy atom. The van der Waals surface area contributed by atoms with Crippen molar-refractivity contribution in [2.75, 3.05) is 12.3 Å². The summed E-state index contributed by atoms with van der Waals surface area (Å²) in [4.78, 5) is 8.78. The molecule has 0 unspecified atom stereocenters. The zero-order valence-electron chi connectivity index (χ0n) is 12.0. The number of anilines is 1. The van der Waals surface area contributed by atoms with Gasteiger partial charge in [0, 0.05) is 11.8 Å². The van der Waals surface area contributed by atoms with Crippen LogP contribution in [0.2, 0.25) is 0 Å². The molecule has 0 radical (unpaired) electrons. The van der Waals surface area contributed by atoms with Crippen LogP contribution < -0.4 is 10.5 Å². The molecule has 0 aromatic carbocycles. The minimum Gasteiger partial charge on any atom is -0.477 e. The number of hydrogen-bond acceptors (Lipinski definition) is 4. The third kappa shape index (κ3) is 3.72. The Hall–Kier alpha value is -1.58. The molecule has 18 heavy (non-hydrogen) atoms. The molecule has 1 aromatic heterocycles. The molecule has 0 atom stereocenters. The van der Waals surface area contributed by atoms with E-state index in [2.05, 4.69) is 37.3 Å². The predicted octanol–water partition coefficient (Wildman–Crippen LogP) is 3.01. The Balaban J connectivity index is 2.96. The van der Waals surface area contributed by atoms with Crippen LogP contribution in [0.25, 0.3) is 0 Å². The van der Waals surface area contributed by atoms with Crippen molar-refractivity contribution in [3.8, 4) is 5.88 Å². The first-order valence-electron chi connectivity index (χ1n) is 6.13. The average molecular weight is 249 g/mol. The van der Waals surface area contributed by atoms with E-state index in [1.165, 1.54) is 0 Å². The Bertz CT molecular complexity index is 447. The molecule has 0 saturated heterocycles. The van der Waals surface area contributed by atoms with Crippen molar-refractivity contribution in [3.63, 3.8) is 0 Å². The number of aromatic nitrogens is 2. The second-order valence-electron chi connectivity index (χ2n) is 5.67. The first-order chi connectivity index (χ1) is 8.21. The smallest absolute Gasteiger partial charge is 0.221 e. The average Bonchev–Trinajstić information content (AvgIpc) is 2.22. The lowest BCUT2D eigenvalue weighted by Gasteiger charge is -2.19. The van der Waals surface area contributed by atoms with Gasteiger partial charge in [-0.15, -0.1) is 6.58 Å². The molecular formula is C14H23N3O. The first-order valence-corrected chi connectivity index (χ1v) is 6.13. The fourth-order valence-corrected chi connectivity index (χ4v) is 1.31. The van der Waals surface area contributed by atoms with Crippen LogP contribution in [0, 0.1) is 6.92 Å². The van der Waals surface area contributed by atoms with Crippen LogP contribution in [0.15, 0.2) is 12.2 Å². The largest absolute Gasteiger partial charge is 0.477 e. The summed E-state index contributed by atoms with van der Waals surface area (Å²) in [5, 5.41) is 0. The summed E-state index contributed by atoms with van der Waals surface area (Å²) in [6, 6.07) is 0. The quantitative estimate of drug-likeness (QED) is 0.833. The molecule has 0 aliphatic carbocycles. The molecule has 4 nitrogen and oxygen atoms in total. The number of rotatable bonds is 4. The highest BCUT2D eigenvalue weighted by molar-refractivity contribution is 5.45. The standard InChI is InChI=1S/C14H23N3O/c1-9(2)7-8-18-12-10(3)11(15)16-13(17-12)14(4,5)6/h1,7-8H2,2-6H3,(H2,15,16,17). The van der Waals surface area contributed by atoms with Crippen LogP contribution in [0.4, 0.5) is 5.82 Å². The SMILES string of the molecule is C=C(C)CCOc1nc(C(C)(C)C)nc(N)c1C. The van der Waals surface area contributed by atoms with Gasteiger partial charge >= 0.3 is 0 Å². The zero-order chi connectivity index (χ0) is 13.9. The van der Waals surface area contributed by atoms with E-state index in [0.717, 1.165) is 17.6 Å². The van der Waals surface area contributed by atoms with Gasteiger partial charge in [-0.2, -0.15) is 4.98 Å². The second kappa shape index (κ2) is 5.38. The highest BCUT2D eigenvalue weighted by Crippen LogP contribution is 2.26. The van der Waals surface area contributed by atoms with Gasteiger partial charge in [-0.1, -0.05) is 26.3 Å². The van der Waals surface area contributed by atoms with Crippen LogP contribution in [-0.4, -0.2) is 16.6 Å². The lowest BCUT2D eigenvalue weighted by Crippen LogP contribution is -2.18. The highest BCUT2D eigenvalue weighted by Gasteiger charge is 2.20. The highest BCUT2D eigenvalue weighted by atomic mass is 16.5. The molecule has 0 spiro atoms. The third-order valence-corrected chi connectivity index (χ3v) is 2.58. The summed E-state index contributed by atoms with van der Waals surface area (Å²) in [5.74, 6) is 1.77. The second-order valence-corrected chi connectivity index (χ2v) is 5.67. The van der Waals surface area contributed by atoms with Gasteiger partial charge in [0.05, 0.1) is 12.2 Å². The molecular weight excluding hydrogens is 226 g/mol. The molecule has 1 rings (SSSR count). The lowest BCUT2D eigenvalue weighted by molar-refractivity contribution is 0.303. The predicted molar refractivity (Wildman–Crippen MR) is 74.8 cm³/mol. The van der Waals surface area contributed by atoms with Crippen LogP contribution in [0.5, 0.6) is 5.88 Å². The zero-order valence-corrected chi connectivity index (χ0v) is 12.0. The molecule has 0 fully saturated rings. The number of nitrogens with two attached hydrogens (primary N) is 1. The van der Waals surface area contributed by atoms with Crippen LogP contribution in [-0.2, 0) is 5.41 Å². The van der Waals surface area contributed by atoms with Gasteiger partial charge in [0.25, 0.3) is 0 Å². The van der Waals surface area contributed by atoms with Crippen LogP contribution in [0.1, 0.15) is 45.5 Å². The van der Waals surface area contributed by atoms with Crippen molar-refractivity contribution < 1.29 is 4.74 Å². The molecule has 0 aliphatic rings. The first kappa shape index (κ1) is 14.5. The van der Waals surface area contributed by atoms with E-state index < -0.39 is 0 Å². The van der Waals surface area contributed by atoms with Gasteiger partial charge in [0.1, 0.15) is 11.6 Å². The van der Waals surface area contributed by atoms with E-state index in [-0.39, 0.29) is 5.41 Å². The maximum absolute atomic E-state index is 5.90. The van der Waals surface area contributed by atoms with E-state index >= 15 is 0 Å². The lowest BCUT2D eigenvalue weighted by atomic mass is 9.95. The van der Waals surface area contributed by atoms with E-state index in [0.29, 0.717) is 24.1 Å². The number of ether oxygens (including phenoxy) is 1. The molecule has 1 heterocycles. The van der Waals surface area contributed by atoms with Crippen molar-refractivity contribution in [3.05, 3.63) is 23.5 Å². The number of hydrogen-bond donors (Lipinski definition) is 1. The van der Waals surface area contributed by atoms with Crippen molar-refractivity contribution in [1.82, 2.24) is 9.97 Å². The van der Waals surface area contributed by atoms with E-state index in [4.69, 9.17) is 10.5 Å². The van der Waals surface area contributed by atoms with Crippen molar-refractivity contribution in [2.24, 2.45) is 0 Å². The Morgan fingerprint density at radius 1 is 1.33 bits per heavy atom. The Morgan fingerprint density at radius 2 is 1.94 bits per heavy atom. The number of nitrogens with zero attached hydrogens (tertiary/aromatic N) is 2. The van der Waals surface area contributed by atoms with Gasteiger partial charge < -0.3 is 10.5 Å². The molecule has 100 valence electrons. The van der Waals surface area contributed by atoms with E-state index in [1.54, 1.807) is 0 Å². The fourth-order valence-electron chi connectivity index (χ4n) is 1.31. The van der Waals surface area contributed by atoms with Crippen LogP contribution >= 0.6 is 0 Å². The van der Waals surface area contributed by atoms with Gasteiger partial charge in [0.2, 0.25) is 5.88 Å². The summed E-state index contributed by atoms with van der Waals surface area (Å²) in [7, 11) is 0. The fraction of sp³-hybridized carbons (Fsp3) is 0.571. The topological polar surface area (TPSA) is 61.0 Å². The van der Waals surface area contributed by atoms with E-state index in [9.17, 15) is 0 Å². The molecule has 0 saturated carbocycles. The maximum Gasteiger partial charge on any atom is 0.221 e. The van der Waals surface area contributed by atoms with Gasteiger partial charge in [-0.25, -0.2) is 4.98 Å². The van der Waals surface area contributed by atoms with Crippen molar-refractivity contribution >= 4 is 5.82 Å². The molecule has 4 heteroatoms. The summed E-state index contributed by atoms with van der Waals surface area (Å²) in [6.07, 6.45) is 0.814. The summed E-state index contributed by atoms with van der Waals surface area (Å²) in [6.45, 7) is 14.4. The molecule has 0 amide bonds. The van der Waals surface area contributed by atoms with E-state index in [1.807, 2.05) is 13.8 Å². The van der Waals surface area contributed by atoms with Gasteiger partial charge in [-0.05, 0) is 13.8 Å². The maximum atomic E-state index is 5.90. The summed E-state index contributed by atoms with van der Waals surface area (Å²) >= 11 is 0. The number of nitrogen functional groups attached to an aromatic ring is 1. The summed E-state index contributed by atoms with van der Waals surface area (Å²) < 4.78 is 5.67. The van der Waals surface area contributed by atoms with Crippen LogP contribution in [0.3, 0.4) is 0 Å². The molecule has 0 aliphatic heterocycles. The Kier molecular flexibility index (Phi) is 4.33. The third-order valence-electron chi connectivity index (χ3n) is 2.58. The van der Waals surface area contributed by atoms with Gasteiger partial charge in [0.15, 0.2) is 0 Å². The van der Waals surface area contributed by atoms with Crippen molar-refractivity contribution in [2.45, 2.75) is 46.5 Å². The monoisotopic (exact) mass is 249 g/mol. The van der Waals surface area contributed by atoms with Gasteiger partial charge in [-0.3, -0.25) is 0 Å². The Labute approximate surface area is 109 Å². The minimum absolute atomic E-state index is 0.145. The molecule has 1 aromatic rings. The molecule has 2 N–H and O–H groups in total. The molecule has 0 bridgehead atoms.